The normalized spacial score (nSPS) is 10.6. The number of carbonyl (C=O) groups is 1. The summed E-state index contributed by atoms with van der Waals surface area (Å²) in [5, 5.41) is 4.97. The summed E-state index contributed by atoms with van der Waals surface area (Å²) in [5.41, 5.74) is 2.23. The molecule has 0 spiro atoms. The highest BCUT2D eigenvalue weighted by Crippen LogP contribution is 2.28. The first-order valence-electron chi connectivity index (χ1n) is 6.35. The molecule has 2 heterocycles. The van der Waals surface area contributed by atoms with Gasteiger partial charge >= 0.3 is 5.97 Å². The number of carbonyl (C=O) groups excluding carboxylic acids is 1. The van der Waals surface area contributed by atoms with E-state index < -0.39 is 5.97 Å². The zero-order chi connectivity index (χ0) is 14.8. The Morgan fingerprint density at radius 1 is 1.29 bits per heavy atom. The van der Waals surface area contributed by atoms with Crippen LogP contribution in [0.25, 0.3) is 15.6 Å². The van der Waals surface area contributed by atoms with Gasteiger partial charge < -0.3 is 4.74 Å². The van der Waals surface area contributed by atoms with Crippen molar-refractivity contribution in [3.8, 4) is 15.6 Å². The van der Waals surface area contributed by atoms with E-state index in [4.69, 9.17) is 0 Å². The van der Waals surface area contributed by atoms with Crippen LogP contribution in [-0.4, -0.2) is 27.8 Å². The number of hydrogen-bond donors (Lipinski definition) is 0. The zero-order valence-electron chi connectivity index (χ0n) is 11.6. The molecule has 0 aliphatic carbocycles. The topological polar surface area (TPSA) is 57.0 Å². The Bertz CT molecular complexity index is 777. The third-order valence-corrected chi connectivity index (χ3v) is 4.04. The molecule has 3 rings (SSSR count). The quantitative estimate of drug-likeness (QED) is 0.697. The molecule has 0 saturated heterocycles. The molecule has 21 heavy (non-hydrogen) atoms. The average Bonchev–Trinajstić information content (AvgIpc) is 3.14. The Labute approximate surface area is 125 Å². The fourth-order valence-electron chi connectivity index (χ4n) is 1.97. The highest BCUT2D eigenvalue weighted by atomic mass is 32.1. The van der Waals surface area contributed by atoms with E-state index in [-0.39, 0.29) is 5.69 Å². The van der Waals surface area contributed by atoms with Gasteiger partial charge in [0.25, 0.3) is 0 Å². The summed E-state index contributed by atoms with van der Waals surface area (Å²) >= 11 is 1.52. The second-order valence-electron chi connectivity index (χ2n) is 4.45. The van der Waals surface area contributed by atoms with Crippen LogP contribution < -0.4 is 0 Å². The van der Waals surface area contributed by atoms with Crippen LogP contribution >= 0.6 is 11.3 Å². The number of nitrogens with zero attached hydrogens (tertiary/aromatic N) is 3. The van der Waals surface area contributed by atoms with Crippen molar-refractivity contribution < 1.29 is 9.53 Å². The minimum atomic E-state index is -0.448. The van der Waals surface area contributed by atoms with Gasteiger partial charge in [0, 0.05) is 11.9 Å². The Morgan fingerprint density at radius 2 is 2.05 bits per heavy atom. The van der Waals surface area contributed by atoms with Crippen molar-refractivity contribution in [2.24, 2.45) is 0 Å². The zero-order valence-corrected chi connectivity index (χ0v) is 12.4. The second-order valence-corrected chi connectivity index (χ2v) is 5.46. The SMILES string of the molecule is COC(=O)c1cc(C)n(-c2ncc(-c3ccccc3)s2)n1. The van der Waals surface area contributed by atoms with Crippen LogP contribution in [0.3, 0.4) is 0 Å². The minimum Gasteiger partial charge on any atom is -0.464 e. The largest absolute Gasteiger partial charge is 0.464 e. The van der Waals surface area contributed by atoms with Gasteiger partial charge in [-0.3, -0.25) is 0 Å². The van der Waals surface area contributed by atoms with Crippen molar-refractivity contribution in [3.05, 3.63) is 54.0 Å². The summed E-state index contributed by atoms with van der Waals surface area (Å²) < 4.78 is 6.34. The van der Waals surface area contributed by atoms with E-state index in [1.807, 2.05) is 43.5 Å². The molecule has 1 aromatic carbocycles. The first-order valence-corrected chi connectivity index (χ1v) is 7.17. The van der Waals surface area contributed by atoms with E-state index in [9.17, 15) is 4.79 Å². The van der Waals surface area contributed by atoms with Gasteiger partial charge in [0.05, 0.1) is 12.0 Å². The monoisotopic (exact) mass is 299 g/mol. The third-order valence-electron chi connectivity index (χ3n) is 3.01. The van der Waals surface area contributed by atoms with Crippen LogP contribution in [0.1, 0.15) is 16.2 Å². The van der Waals surface area contributed by atoms with Crippen LogP contribution in [0.2, 0.25) is 0 Å². The van der Waals surface area contributed by atoms with E-state index in [1.54, 1.807) is 10.7 Å². The highest BCUT2D eigenvalue weighted by Gasteiger charge is 2.15. The molecule has 0 atom stereocenters. The van der Waals surface area contributed by atoms with Gasteiger partial charge in [0.2, 0.25) is 5.13 Å². The fourth-order valence-corrected chi connectivity index (χ4v) is 2.90. The molecule has 0 bridgehead atoms. The summed E-state index contributed by atoms with van der Waals surface area (Å²) in [6.07, 6.45) is 1.81. The number of thiazole rings is 1. The van der Waals surface area contributed by atoms with Gasteiger partial charge in [0.1, 0.15) is 0 Å². The average molecular weight is 299 g/mol. The number of methoxy groups -OCH3 is 1. The van der Waals surface area contributed by atoms with Crippen LogP contribution in [0.15, 0.2) is 42.6 Å². The summed E-state index contributed by atoms with van der Waals surface area (Å²) in [5.74, 6) is -0.448. The molecule has 2 aromatic heterocycles. The molecule has 6 heteroatoms. The lowest BCUT2D eigenvalue weighted by Crippen LogP contribution is -2.04. The number of aromatic nitrogens is 3. The van der Waals surface area contributed by atoms with Crippen molar-refractivity contribution >= 4 is 17.3 Å². The number of hydrogen-bond acceptors (Lipinski definition) is 5. The number of aryl methyl sites for hydroxylation is 1. The number of rotatable bonds is 3. The summed E-state index contributed by atoms with van der Waals surface area (Å²) in [6, 6.07) is 11.7. The van der Waals surface area contributed by atoms with Crippen molar-refractivity contribution in [1.82, 2.24) is 14.8 Å². The highest BCUT2D eigenvalue weighted by molar-refractivity contribution is 7.17. The molecular weight excluding hydrogens is 286 g/mol. The predicted molar refractivity (Wildman–Crippen MR) is 80.7 cm³/mol. The fraction of sp³-hybridized carbons (Fsp3) is 0.133. The molecule has 3 aromatic rings. The Morgan fingerprint density at radius 3 is 2.76 bits per heavy atom. The van der Waals surface area contributed by atoms with Crippen molar-refractivity contribution in [2.45, 2.75) is 6.92 Å². The Kier molecular flexibility index (Phi) is 3.53. The number of benzene rings is 1. The van der Waals surface area contributed by atoms with E-state index >= 15 is 0 Å². The maximum Gasteiger partial charge on any atom is 0.358 e. The van der Waals surface area contributed by atoms with E-state index in [2.05, 4.69) is 14.8 Å². The van der Waals surface area contributed by atoms with Gasteiger partial charge in [-0.25, -0.2) is 14.5 Å². The molecule has 5 nitrogen and oxygen atoms in total. The molecule has 0 aliphatic rings. The van der Waals surface area contributed by atoms with Crippen molar-refractivity contribution in [3.63, 3.8) is 0 Å². The predicted octanol–water partition coefficient (Wildman–Crippen LogP) is 3.09. The summed E-state index contributed by atoms with van der Waals surface area (Å²) in [6.45, 7) is 1.88. The minimum absolute atomic E-state index is 0.284. The molecular formula is C15H13N3O2S. The molecule has 0 fully saturated rings. The lowest BCUT2D eigenvalue weighted by Gasteiger charge is -1.98. The number of esters is 1. The smallest absolute Gasteiger partial charge is 0.358 e. The standard InChI is InChI=1S/C15H13N3O2S/c1-10-8-12(14(19)20-2)17-18(10)15-16-9-13(21-15)11-6-4-3-5-7-11/h3-9H,1-2H3. The lowest BCUT2D eigenvalue weighted by atomic mass is 10.2. The van der Waals surface area contributed by atoms with Gasteiger partial charge in [-0.1, -0.05) is 41.7 Å². The van der Waals surface area contributed by atoms with Gasteiger partial charge in [-0.15, -0.1) is 0 Å². The lowest BCUT2D eigenvalue weighted by molar-refractivity contribution is 0.0593. The van der Waals surface area contributed by atoms with Gasteiger partial charge in [-0.2, -0.15) is 5.10 Å². The number of ether oxygens (including phenoxy) is 1. The third kappa shape index (κ3) is 2.57. The maximum atomic E-state index is 11.5. The first-order chi connectivity index (χ1) is 10.2. The molecule has 0 radical (unpaired) electrons. The molecule has 0 aliphatic heterocycles. The molecule has 0 N–H and O–H groups in total. The van der Waals surface area contributed by atoms with Crippen LogP contribution in [0.4, 0.5) is 0 Å². The van der Waals surface area contributed by atoms with Crippen LogP contribution in [-0.2, 0) is 4.74 Å². The summed E-state index contributed by atoms with van der Waals surface area (Å²) in [7, 11) is 1.34. The Hall–Kier alpha value is -2.47. The van der Waals surface area contributed by atoms with Gasteiger partial charge in [0.15, 0.2) is 5.69 Å². The van der Waals surface area contributed by atoms with Crippen LogP contribution in [0, 0.1) is 6.92 Å². The van der Waals surface area contributed by atoms with E-state index in [1.165, 1.54) is 18.4 Å². The van der Waals surface area contributed by atoms with Crippen LogP contribution in [0.5, 0.6) is 0 Å². The molecule has 0 amide bonds. The van der Waals surface area contributed by atoms with Crippen molar-refractivity contribution in [1.29, 1.82) is 0 Å². The second kappa shape index (κ2) is 5.49. The van der Waals surface area contributed by atoms with E-state index in [0.717, 1.165) is 21.3 Å². The summed E-state index contributed by atoms with van der Waals surface area (Å²) in [4.78, 5) is 17.0. The van der Waals surface area contributed by atoms with Gasteiger partial charge in [-0.05, 0) is 18.6 Å². The maximum absolute atomic E-state index is 11.5. The molecule has 106 valence electrons. The van der Waals surface area contributed by atoms with Crippen molar-refractivity contribution in [2.75, 3.05) is 7.11 Å². The van der Waals surface area contributed by atoms with E-state index in [0.29, 0.717) is 0 Å². The first kappa shape index (κ1) is 13.5. The molecule has 0 unspecified atom stereocenters. The molecule has 0 saturated carbocycles. The Balaban J connectivity index is 1.97.